The summed E-state index contributed by atoms with van der Waals surface area (Å²) in [7, 11) is 1.35. The molecular weight excluding hydrogens is 260 g/mol. The summed E-state index contributed by atoms with van der Waals surface area (Å²) in [6.45, 7) is 0.433. The van der Waals surface area contributed by atoms with Gasteiger partial charge in [0.25, 0.3) is 0 Å². The first-order valence-electron chi connectivity index (χ1n) is 4.94. The Morgan fingerprint density at radius 3 is 2.88 bits per heavy atom. The number of ether oxygens (including phenoxy) is 1. The Morgan fingerprint density at radius 2 is 2.29 bits per heavy atom. The molecular formula is C11H13ClN2O2S. The first-order valence-corrected chi connectivity index (χ1v) is 5.73. The summed E-state index contributed by atoms with van der Waals surface area (Å²) in [6.07, 6.45) is 0.264. The second-order valence-electron chi connectivity index (χ2n) is 3.31. The van der Waals surface area contributed by atoms with Gasteiger partial charge in [-0.15, -0.1) is 0 Å². The van der Waals surface area contributed by atoms with Crippen LogP contribution in [0.15, 0.2) is 18.2 Å². The third-order valence-electron chi connectivity index (χ3n) is 2.12. The SMILES string of the molecule is COC(=O)CCNc1cc(Cl)ccc1C(N)=S. The molecule has 3 N–H and O–H groups in total. The molecule has 6 heteroatoms. The van der Waals surface area contributed by atoms with Gasteiger partial charge in [-0.2, -0.15) is 0 Å². The molecule has 0 unspecified atom stereocenters. The van der Waals surface area contributed by atoms with Crippen LogP contribution in [-0.4, -0.2) is 24.6 Å². The van der Waals surface area contributed by atoms with E-state index in [0.29, 0.717) is 22.8 Å². The van der Waals surface area contributed by atoms with Crippen molar-refractivity contribution in [1.82, 2.24) is 0 Å². The fourth-order valence-corrected chi connectivity index (χ4v) is 1.63. The summed E-state index contributed by atoms with van der Waals surface area (Å²) in [4.78, 5) is 11.2. The fourth-order valence-electron chi connectivity index (χ4n) is 1.28. The van der Waals surface area contributed by atoms with Crippen molar-refractivity contribution in [3.8, 4) is 0 Å². The van der Waals surface area contributed by atoms with Gasteiger partial charge in [0.1, 0.15) is 4.99 Å². The predicted octanol–water partition coefficient (Wildman–Crippen LogP) is 1.95. The number of methoxy groups -OCH3 is 1. The maximum atomic E-state index is 10.9. The minimum Gasteiger partial charge on any atom is -0.469 e. The summed E-state index contributed by atoms with van der Waals surface area (Å²) in [5, 5.41) is 3.62. The maximum Gasteiger partial charge on any atom is 0.307 e. The lowest BCUT2D eigenvalue weighted by Crippen LogP contribution is -2.15. The highest BCUT2D eigenvalue weighted by Crippen LogP contribution is 2.21. The Hall–Kier alpha value is -1.33. The average Bonchev–Trinajstić information content (AvgIpc) is 2.28. The molecule has 92 valence electrons. The van der Waals surface area contributed by atoms with E-state index in [-0.39, 0.29) is 17.4 Å². The number of hydrogen-bond donors (Lipinski definition) is 2. The van der Waals surface area contributed by atoms with Gasteiger partial charge in [0.15, 0.2) is 0 Å². The van der Waals surface area contributed by atoms with Crippen molar-refractivity contribution < 1.29 is 9.53 Å². The zero-order valence-corrected chi connectivity index (χ0v) is 10.9. The van der Waals surface area contributed by atoms with Gasteiger partial charge in [0, 0.05) is 22.8 Å². The normalized spacial score (nSPS) is 9.76. The lowest BCUT2D eigenvalue weighted by Gasteiger charge is -2.11. The number of nitrogens with two attached hydrogens (primary N) is 1. The van der Waals surface area contributed by atoms with Gasteiger partial charge in [0.2, 0.25) is 0 Å². The van der Waals surface area contributed by atoms with E-state index in [1.807, 2.05) is 0 Å². The van der Waals surface area contributed by atoms with Gasteiger partial charge >= 0.3 is 5.97 Å². The van der Waals surface area contributed by atoms with Crippen LogP contribution in [0.25, 0.3) is 0 Å². The van der Waals surface area contributed by atoms with Crippen molar-refractivity contribution >= 4 is 40.5 Å². The smallest absolute Gasteiger partial charge is 0.307 e. The molecule has 0 heterocycles. The molecule has 0 atom stereocenters. The second-order valence-corrected chi connectivity index (χ2v) is 4.18. The van der Waals surface area contributed by atoms with Crippen LogP contribution in [0.2, 0.25) is 5.02 Å². The molecule has 0 aliphatic heterocycles. The van der Waals surface area contributed by atoms with Crippen LogP contribution in [-0.2, 0) is 9.53 Å². The fraction of sp³-hybridized carbons (Fsp3) is 0.273. The summed E-state index contributed by atoms with van der Waals surface area (Å²) in [6, 6.07) is 5.17. The first kappa shape index (κ1) is 13.7. The molecule has 0 spiro atoms. The van der Waals surface area contributed by atoms with Crippen LogP contribution in [0.4, 0.5) is 5.69 Å². The molecule has 0 aliphatic carbocycles. The van der Waals surface area contributed by atoms with E-state index in [0.717, 1.165) is 0 Å². The van der Waals surface area contributed by atoms with Crippen molar-refractivity contribution in [2.24, 2.45) is 5.73 Å². The van der Waals surface area contributed by atoms with Crippen LogP contribution in [0, 0.1) is 0 Å². The third-order valence-corrected chi connectivity index (χ3v) is 2.57. The highest BCUT2D eigenvalue weighted by atomic mass is 35.5. The maximum absolute atomic E-state index is 10.9. The topological polar surface area (TPSA) is 64.3 Å². The second kappa shape index (κ2) is 6.42. The van der Waals surface area contributed by atoms with E-state index in [2.05, 4.69) is 10.1 Å². The van der Waals surface area contributed by atoms with Gasteiger partial charge < -0.3 is 15.8 Å². The monoisotopic (exact) mass is 272 g/mol. The predicted molar refractivity (Wildman–Crippen MR) is 72.5 cm³/mol. The molecule has 0 radical (unpaired) electrons. The molecule has 0 aliphatic rings. The van der Waals surface area contributed by atoms with E-state index in [1.54, 1.807) is 18.2 Å². The largest absolute Gasteiger partial charge is 0.469 e. The van der Waals surface area contributed by atoms with Crippen molar-refractivity contribution in [2.75, 3.05) is 19.0 Å². The molecule has 0 bridgehead atoms. The quantitative estimate of drug-likeness (QED) is 0.634. The third kappa shape index (κ3) is 4.20. The summed E-state index contributed by atoms with van der Waals surface area (Å²) in [5.41, 5.74) is 7.00. The molecule has 0 saturated carbocycles. The van der Waals surface area contributed by atoms with E-state index >= 15 is 0 Å². The Morgan fingerprint density at radius 1 is 1.59 bits per heavy atom. The Kier molecular flexibility index (Phi) is 5.18. The van der Waals surface area contributed by atoms with Crippen LogP contribution in [0.3, 0.4) is 0 Å². The standard InChI is InChI=1S/C11H13ClN2O2S/c1-16-10(15)4-5-14-9-6-7(12)2-3-8(9)11(13)17/h2-3,6,14H,4-5H2,1H3,(H2,13,17). The highest BCUT2D eigenvalue weighted by molar-refractivity contribution is 7.80. The van der Waals surface area contributed by atoms with Crippen molar-refractivity contribution in [1.29, 1.82) is 0 Å². The number of nitrogens with one attached hydrogen (secondary N) is 1. The van der Waals surface area contributed by atoms with E-state index in [9.17, 15) is 4.79 Å². The number of benzene rings is 1. The molecule has 0 aromatic heterocycles. The first-order chi connectivity index (χ1) is 8.04. The number of rotatable bonds is 5. The molecule has 4 nitrogen and oxygen atoms in total. The number of thiocarbonyl (C=S) groups is 1. The number of anilines is 1. The van der Waals surface area contributed by atoms with Gasteiger partial charge in [-0.25, -0.2) is 0 Å². The van der Waals surface area contributed by atoms with Crippen molar-refractivity contribution in [3.63, 3.8) is 0 Å². The van der Waals surface area contributed by atoms with Crippen LogP contribution < -0.4 is 11.1 Å². The van der Waals surface area contributed by atoms with Gasteiger partial charge in [-0.05, 0) is 18.2 Å². The number of halogens is 1. The molecule has 0 amide bonds. The van der Waals surface area contributed by atoms with E-state index in [4.69, 9.17) is 29.6 Å². The van der Waals surface area contributed by atoms with Gasteiger partial charge in [-0.1, -0.05) is 23.8 Å². The lowest BCUT2D eigenvalue weighted by atomic mass is 10.1. The Bertz CT molecular complexity index is 437. The molecule has 0 saturated heterocycles. The zero-order valence-electron chi connectivity index (χ0n) is 9.33. The molecule has 1 aromatic carbocycles. The molecule has 0 fully saturated rings. The Labute approximate surface area is 110 Å². The van der Waals surface area contributed by atoms with Crippen molar-refractivity contribution in [2.45, 2.75) is 6.42 Å². The van der Waals surface area contributed by atoms with E-state index in [1.165, 1.54) is 7.11 Å². The van der Waals surface area contributed by atoms with Crippen LogP contribution >= 0.6 is 23.8 Å². The highest BCUT2D eigenvalue weighted by Gasteiger charge is 2.06. The average molecular weight is 273 g/mol. The summed E-state index contributed by atoms with van der Waals surface area (Å²) in [5.74, 6) is -0.281. The minimum absolute atomic E-state index is 0.264. The minimum atomic E-state index is -0.281. The number of carbonyl (C=O) groups is 1. The van der Waals surface area contributed by atoms with Crippen molar-refractivity contribution in [3.05, 3.63) is 28.8 Å². The lowest BCUT2D eigenvalue weighted by molar-refractivity contribution is -0.140. The number of carbonyl (C=O) groups excluding carboxylic acids is 1. The van der Waals surface area contributed by atoms with Crippen LogP contribution in [0.5, 0.6) is 0 Å². The number of hydrogen-bond acceptors (Lipinski definition) is 4. The molecule has 17 heavy (non-hydrogen) atoms. The van der Waals surface area contributed by atoms with Gasteiger partial charge in [0.05, 0.1) is 13.5 Å². The molecule has 1 rings (SSSR count). The zero-order chi connectivity index (χ0) is 12.8. The summed E-state index contributed by atoms with van der Waals surface area (Å²) >= 11 is 10.8. The number of esters is 1. The van der Waals surface area contributed by atoms with Gasteiger partial charge in [-0.3, -0.25) is 4.79 Å². The van der Waals surface area contributed by atoms with Crippen LogP contribution in [0.1, 0.15) is 12.0 Å². The summed E-state index contributed by atoms with van der Waals surface area (Å²) < 4.78 is 4.53. The van der Waals surface area contributed by atoms with E-state index < -0.39 is 0 Å². The molecule has 1 aromatic rings. The Balaban J connectivity index is 2.72.